The molecule has 0 atom stereocenters. The van der Waals surface area contributed by atoms with E-state index in [9.17, 15) is 4.79 Å². The van der Waals surface area contributed by atoms with Gasteiger partial charge in [-0.3, -0.25) is 4.79 Å². The maximum Gasteiger partial charge on any atom is 0.167 e. The van der Waals surface area contributed by atoms with Gasteiger partial charge in [0.05, 0.1) is 0 Å². The number of allylic oxidation sites excluding steroid dienone is 1. The number of nitrogens with two attached hydrogens (primary N) is 1. The Kier molecular flexibility index (Phi) is 4.25. The summed E-state index contributed by atoms with van der Waals surface area (Å²) in [6.45, 7) is 6.18. The second-order valence-corrected chi connectivity index (χ2v) is 3.75. The molecule has 0 aliphatic carbocycles. The lowest BCUT2D eigenvalue weighted by molar-refractivity contribution is 0.0992. The van der Waals surface area contributed by atoms with Crippen LogP contribution in [0.25, 0.3) is 0 Å². The zero-order valence-corrected chi connectivity index (χ0v) is 9.12. The van der Waals surface area contributed by atoms with E-state index in [4.69, 9.17) is 5.73 Å². The molecule has 0 unspecified atom stereocenters. The molecule has 0 amide bonds. The molecule has 1 rings (SSSR count). The fourth-order valence-electron chi connectivity index (χ4n) is 1.54. The van der Waals surface area contributed by atoms with Crippen LogP contribution in [0.1, 0.15) is 29.3 Å². The van der Waals surface area contributed by atoms with Gasteiger partial charge in [-0.1, -0.05) is 36.4 Å². The Hall–Kier alpha value is -1.41. The first-order chi connectivity index (χ1) is 7.15. The number of carbonyl (C=O) groups is 1. The number of Topliss-reactive ketones (excluding diaryl/α,β-unsaturated/α-hetero) is 1. The zero-order valence-electron chi connectivity index (χ0n) is 9.12. The highest BCUT2D eigenvalue weighted by atomic mass is 16.1. The normalized spacial score (nSPS) is 10.0. The Morgan fingerprint density at radius 2 is 2.07 bits per heavy atom. The van der Waals surface area contributed by atoms with Gasteiger partial charge in [-0.25, -0.2) is 0 Å². The summed E-state index contributed by atoms with van der Waals surface area (Å²) in [5.41, 5.74) is 8.21. The number of hydrogen-bond acceptors (Lipinski definition) is 2. The summed E-state index contributed by atoms with van der Waals surface area (Å²) in [6, 6.07) is 7.63. The van der Waals surface area contributed by atoms with Gasteiger partial charge in [-0.15, -0.1) is 0 Å². The van der Waals surface area contributed by atoms with Crippen molar-refractivity contribution in [1.82, 2.24) is 0 Å². The molecule has 0 aromatic heterocycles. The van der Waals surface area contributed by atoms with Gasteiger partial charge in [0.2, 0.25) is 0 Å². The quantitative estimate of drug-likeness (QED) is 0.589. The molecule has 0 saturated heterocycles. The van der Waals surface area contributed by atoms with Crippen LogP contribution in [0.3, 0.4) is 0 Å². The summed E-state index contributed by atoms with van der Waals surface area (Å²) in [7, 11) is 0. The molecule has 2 N–H and O–H groups in total. The van der Waals surface area contributed by atoms with E-state index in [-0.39, 0.29) is 5.78 Å². The SMILES string of the molecule is C=C(C)CC(=O)c1ccccc1CCN. The van der Waals surface area contributed by atoms with E-state index in [1.165, 1.54) is 0 Å². The first-order valence-corrected chi connectivity index (χ1v) is 5.10. The monoisotopic (exact) mass is 203 g/mol. The third kappa shape index (κ3) is 3.33. The second kappa shape index (κ2) is 5.47. The van der Waals surface area contributed by atoms with Crippen LogP contribution >= 0.6 is 0 Å². The van der Waals surface area contributed by atoms with Crippen molar-refractivity contribution in [3.05, 3.63) is 47.5 Å². The van der Waals surface area contributed by atoms with Crippen LogP contribution in [0.2, 0.25) is 0 Å². The van der Waals surface area contributed by atoms with E-state index in [0.717, 1.165) is 23.1 Å². The fourth-order valence-corrected chi connectivity index (χ4v) is 1.54. The van der Waals surface area contributed by atoms with Crippen LogP contribution in [-0.4, -0.2) is 12.3 Å². The third-order valence-electron chi connectivity index (χ3n) is 2.19. The molecule has 1 aromatic carbocycles. The van der Waals surface area contributed by atoms with Crippen LogP contribution in [0.4, 0.5) is 0 Å². The molecule has 1 aromatic rings. The summed E-state index contributed by atoms with van der Waals surface area (Å²) in [5.74, 6) is 0.131. The maximum absolute atomic E-state index is 11.8. The Morgan fingerprint density at radius 1 is 1.40 bits per heavy atom. The lowest BCUT2D eigenvalue weighted by Crippen LogP contribution is -2.09. The van der Waals surface area contributed by atoms with E-state index in [1.807, 2.05) is 31.2 Å². The molecule has 0 radical (unpaired) electrons. The summed E-state index contributed by atoms with van der Waals surface area (Å²) >= 11 is 0. The first-order valence-electron chi connectivity index (χ1n) is 5.10. The van der Waals surface area contributed by atoms with Gasteiger partial charge in [-0.05, 0) is 25.5 Å². The number of ketones is 1. The predicted molar refractivity (Wildman–Crippen MR) is 63.0 cm³/mol. The van der Waals surface area contributed by atoms with Gasteiger partial charge < -0.3 is 5.73 Å². The molecular weight excluding hydrogens is 186 g/mol. The van der Waals surface area contributed by atoms with Gasteiger partial charge in [0.1, 0.15) is 0 Å². The van der Waals surface area contributed by atoms with Gasteiger partial charge in [0, 0.05) is 12.0 Å². The Morgan fingerprint density at radius 3 is 2.67 bits per heavy atom. The molecule has 2 heteroatoms. The van der Waals surface area contributed by atoms with Crippen molar-refractivity contribution in [1.29, 1.82) is 0 Å². The van der Waals surface area contributed by atoms with Gasteiger partial charge in [0.15, 0.2) is 5.78 Å². The van der Waals surface area contributed by atoms with E-state index in [0.29, 0.717) is 13.0 Å². The average molecular weight is 203 g/mol. The highest BCUT2D eigenvalue weighted by Gasteiger charge is 2.09. The molecule has 0 bridgehead atoms. The van der Waals surface area contributed by atoms with Gasteiger partial charge in [0.25, 0.3) is 0 Å². The lowest BCUT2D eigenvalue weighted by Gasteiger charge is -2.07. The standard InChI is InChI=1S/C13H17NO/c1-10(2)9-13(15)12-6-4-3-5-11(12)7-8-14/h3-6H,1,7-9,14H2,2H3. The minimum atomic E-state index is 0.131. The summed E-state index contributed by atoms with van der Waals surface area (Å²) < 4.78 is 0. The first kappa shape index (κ1) is 11.7. The third-order valence-corrected chi connectivity index (χ3v) is 2.19. The van der Waals surface area contributed by atoms with Crippen molar-refractivity contribution in [2.75, 3.05) is 6.54 Å². The van der Waals surface area contributed by atoms with E-state index in [2.05, 4.69) is 6.58 Å². The Bertz CT molecular complexity index is 369. The fraction of sp³-hybridized carbons (Fsp3) is 0.308. The zero-order chi connectivity index (χ0) is 11.3. The molecule has 0 aliphatic heterocycles. The summed E-state index contributed by atoms with van der Waals surface area (Å²) in [6.07, 6.45) is 1.17. The van der Waals surface area contributed by atoms with Crippen molar-refractivity contribution < 1.29 is 4.79 Å². The second-order valence-electron chi connectivity index (χ2n) is 3.75. The van der Waals surface area contributed by atoms with Crippen LogP contribution in [0.5, 0.6) is 0 Å². The molecule has 80 valence electrons. The molecule has 15 heavy (non-hydrogen) atoms. The predicted octanol–water partition coefficient (Wildman–Crippen LogP) is 2.34. The van der Waals surface area contributed by atoms with Crippen LogP contribution in [0, 0.1) is 0 Å². The smallest absolute Gasteiger partial charge is 0.167 e. The molecule has 0 spiro atoms. The molecule has 0 fully saturated rings. The molecular formula is C13H17NO. The van der Waals surface area contributed by atoms with Crippen molar-refractivity contribution in [2.45, 2.75) is 19.8 Å². The number of hydrogen-bond donors (Lipinski definition) is 1. The van der Waals surface area contributed by atoms with Crippen LogP contribution in [0.15, 0.2) is 36.4 Å². The van der Waals surface area contributed by atoms with Crippen molar-refractivity contribution in [3.8, 4) is 0 Å². The topological polar surface area (TPSA) is 43.1 Å². The number of benzene rings is 1. The molecule has 0 saturated carbocycles. The Labute approximate surface area is 90.8 Å². The number of rotatable bonds is 5. The highest BCUT2D eigenvalue weighted by molar-refractivity contribution is 5.98. The molecule has 0 heterocycles. The summed E-state index contributed by atoms with van der Waals surface area (Å²) in [5, 5.41) is 0. The maximum atomic E-state index is 11.8. The highest BCUT2D eigenvalue weighted by Crippen LogP contribution is 2.13. The largest absolute Gasteiger partial charge is 0.330 e. The minimum absolute atomic E-state index is 0.131. The van der Waals surface area contributed by atoms with Crippen molar-refractivity contribution >= 4 is 5.78 Å². The van der Waals surface area contributed by atoms with Gasteiger partial charge >= 0.3 is 0 Å². The van der Waals surface area contributed by atoms with E-state index in [1.54, 1.807) is 0 Å². The van der Waals surface area contributed by atoms with Crippen LogP contribution < -0.4 is 5.73 Å². The number of carbonyl (C=O) groups excluding carboxylic acids is 1. The van der Waals surface area contributed by atoms with E-state index >= 15 is 0 Å². The van der Waals surface area contributed by atoms with Crippen molar-refractivity contribution in [3.63, 3.8) is 0 Å². The molecule has 2 nitrogen and oxygen atoms in total. The van der Waals surface area contributed by atoms with Crippen LogP contribution in [-0.2, 0) is 6.42 Å². The average Bonchev–Trinajstić information content (AvgIpc) is 2.18. The molecule has 0 aliphatic rings. The van der Waals surface area contributed by atoms with Crippen molar-refractivity contribution in [2.24, 2.45) is 5.73 Å². The minimum Gasteiger partial charge on any atom is -0.330 e. The Balaban J connectivity index is 2.91. The summed E-state index contributed by atoms with van der Waals surface area (Å²) in [4.78, 5) is 11.8. The lowest BCUT2D eigenvalue weighted by atomic mass is 9.98. The van der Waals surface area contributed by atoms with Gasteiger partial charge in [-0.2, -0.15) is 0 Å². The van der Waals surface area contributed by atoms with E-state index < -0.39 is 0 Å².